The van der Waals surface area contributed by atoms with Gasteiger partial charge in [0.05, 0.1) is 0 Å². The number of fused-ring (bicyclic) bond motifs is 4. The summed E-state index contributed by atoms with van der Waals surface area (Å²) in [6.45, 7) is 4.45. The van der Waals surface area contributed by atoms with Crippen molar-refractivity contribution in [3.05, 3.63) is 224 Å². The van der Waals surface area contributed by atoms with Crippen LogP contribution in [-0.2, 0) is 6.61 Å². The van der Waals surface area contributed by atoms with Crippen LogP contribution in [0.4, 0.5) is 22.7 Å². The van der Waals surface area contributed by atoms with Gasteiger partial charge in [-0.25, -0.2) is 0 Å². The number of aliphatic imine (C=N–C) groups is 1. The van der Waals surface area contributed by atoms with Crippen LogP contribution in [0.1, 0.15) is 5.56 Å². The molecule has 280 valence electrons. The van der Waals surface area contributed by atoms with Gasteiger partial charge in [-0.05, 0) is 116 Å². The zero-order valence-corrected chi connectivity index (χ0v) is 32.5. The van der Waals surface area contributed by atoms with Crippen molar-refractivity contribution in [1.29, 1.82) is 0 Å². The van der Waals surface area contributed by atoms with Crippen LogP contribution in [-0.4, -0.2) is 6.72 Å². The lowest BCUT2D eigenvalue weighted by Crippen LogP contribution is -2.10. The van der Waals surface area contributed by atoms with Crippen LogP contribution in [0.15, 0.2) is 223 Å². The van der Waals surface area contributed by atoms with Crippen molar-refractivity contribution in [1.82, 2.24) is 0 Å². The van der Waals surface area contributed by atoms with Crippen LogP contribution < -0.4 is 9.64 Å². The minimum absolute atomic E-state index is 0.433. The lowest BCUT2D eigenvalue weighted by Gasteiger charge is -2.26. The van der Waals surface area contributed by atoms with E-state index in [1.54, 1.807) is 0 Å². The molecule has 0 fully saturated rings. The predicted octanol–water partition coefficient (Wildman–Crippen LogP) is 15.5. The maximum Gasteiger partial charge on any atom is 0.153 e. The molecule has 0 aromatic heterocycles. The zero-order valence-electron chi connectivity index (χ0n) is 32.5. The maximum absolute atomic E-state index is 6.56. The number of nitrogens with zero attached hydrogens (tertiary/aromatic N) is 2. The van der Waals surface area contributed by atoms with Gasteiger partial charge in [-0.15, -0.1) is 0 Å². The van der Waals surface area contributed by atoms with Crippen molar-refractivity contribution < 1.29 is 4.74 Å². The van der Waals surface area contributed by atoms with E-state index in [4.69, 9.17) is 4.74 Å². The minimum atomic E-state index is 0.433. The second kappa shape index (κ2) is 15.7. The van der Waals surface area contributed by atoms with Gasteiger partial charge < -0.3 is 9.64 Å². The molecule has 0 bridgehead atoms. The van der Waals surface area contributed by atoms with Crippen molar-refractivity contribution >= 4 is 61.8 Å². The van der Waals surface area contributed by atoms with Crippen LogP contribution in [0.2, 0.25) is 0 Å². The normalized spacial score (nSPS) is 11.2. The Hall–Kier alpha value is -7.75. The monoisotopic (exact) mass is 756 g/mol. The van der Waals surface area contributed by atoms with Crippen molar-refractivity contribution in [2.24, 2.45) is 4.99 Å². The fraction of sp³-hybridized carbons (Fsp3) is 0.0179. The summed E-state index contributed by atoms with van der Waals surface area (Å²) >= 11 is 0. The first kappa shape index (κ1) is 35.6. The zero-order chi connectivity index (χ0) is 39.5. The molecular weight excluding hydrogens is 717 g/mol. The molecule has 10 aromatic carbocycles. The van der Waals surface area contributed by atoms with Gasteiger partial charge in [-0.3, -0.25) is 4.99 Å². The SMILES string of the molecule is C=Nc1c(-c2ccc(N(c3ccc(-c4cc5ccccc5c5ccccc45)cc3)c3cccc(-c4ccccc4)c3)cc2)cc2ccccc2c1OCc1ccccc1. The Morgan fingerprint density at radius 1 is 0.390 bits per heavy atom. The predicted molar refractivity (Wildman–Crippen MR) is 250 cm³/mol. The molecule has 59 heavy (non-hydrogen) atoms. The lowest BCUT2D eigenvalue weighted by molar-refractivity contribution is 0.311. The van der Waals surface area contributed by atoms with Gasteiger partial charge in [0.25, 0.3) is 0 Å². The Kier molecular flexibility index (Phi) is 9.46. The van der Waals surface area contributed by atoms with Gasteiger partial charge >= 0.3 is 0 Å². The van der Waals surface area contributed by atoms with E-state index in [0.29, 0.717) is 6.61 Å². The summed E-state index contributed by atoms with van der Waals surface area (Å²) in [7, 11) is 0. The van der Waals surface area contributed by atoms with E-state index >= 15 is 0 Å². The second-order valence-corrected chi connectivity index (χ2v) is 14.8. The molecule has 0 aliphatic rings. The molecule has 0 N–H and O–H groups in total. The largest absolute Gasteiger partial charge is 0.486 e. The Bertz CT molecular complexity index is 3100. The first-order valence-electron chi connectivity index (χ1n) is 20.0. The third-order valence-electron chi connectivity index (χ3n) is 11.2. The maximum atomic E-state index is 6.56. The third-order valence-corrected chi connectivity index (χ3v) is 11.2. The summed E-state index contributed by atoms with van der Waals surface area (Å²) in [5.41, 5.74) is 11.7. The number of anilines is 3. The smallest absolute Gasteiger partial charge is 0.153 e. The highest BCUT2D eigenvalue weighted by Crippen LogP contribution is 2.46. The van der Waals surface area contributed by atoms with Crippen molar-refractivity contribution in [3.8, 4) is 39.1 Å². The summed E-state index contributed by atoms with van der Waals surface area (Å²) < 4.78 is 6.56. The van der Waals surface area contributed by atoms with E-state index < -0.39 is 0 Å². The fourth-order valence-corrected chi connectivity index (χ4v) is 8.33. The highest BCUT2D eigenvalue weighted by Gasteiger charge is 2.19. The van der Waals surface area contributed by atoms with E-state index in [1.165, 1.54) is 38.2 Å². The van der Waals surface area contributed by atoms with Crippen molar-refractivity contribution in [2.45, 2.75) is 6.61 Å². The van der Waals surface area contributed by atoms with E-state index in [0.717, 1.165) is 61.5 Å². The van der Waals surface area contributed by atoms with Crippen molar-refractivity contribution in [2.75, 3.05) is 4.90 Å². The van der Waals surface area contributed by atoms with E-state index in [-0.39, 0.29) is 0 Å². The molecule has 0 spiro atoms. The van der Waals surface area contributed by atoms with Crippen LogP contribution >= 0.6 is 0 Å². The molecule has 0 aliphatic heterocycles. The second-order valence-electron chi connectivity index (χ2n) is 14.8. The van der Waals surface area contributed by atoms with Gasteiger partial charge in [0, 0.05) is 28.0 Å². The summed E-state index contributed by atoms with van der Waals surface area (Å²) in [6.07, 6.45) is 0. The molecule has 10 aromatic rings. The molecule has 0 saturated carbocycles. The van der Waals surface area contributed by atoms with E-state index in [9.17, 15) is 0 Å². The molecule has 10 rings (SSSR count). The Morgan fingerprint density at radius 2 is 0.915 bits per heavy atom. The lowest BCUT2D eigenvalue weighted by atomic mass is 9.93. The first-order valence-corrected chi connectivity index (χ1v) is 20.0. The fourth-order valence-electron chi connectivity index (χ4n) is 8.33. The molecular formula is C56H40N2O. The Balaban J connectivity index is 1.07. The van der Waals surface area contributed by atoms with Crippen LogP contribution in [0.25, 0.3) is 65.7 Å². The van der Waals surface area contributed by atoms with Gasteiger partial charge in [-0.1, -0.05) is 170 Å². The number of hydrogen-bond donors (Lipinski definition) is 0. The molecule has 0 aliphatic carbocycles. The molecule has 3 heteroatoms. The summed E-state index contributed by atoms with van der Waals surface area (Å²) in [5.74, 6) is 0.736. The summed E-state index contributed by atoms with van der Waals surface area (Å²) in [4.78, 5) is 6.92. The highest BCUT2D eigenvalue weighted by molar-refractivity contribution is 6.13. The average molecular weight is 757 g/mol. The highest BCUT2D eigenvalue weighted by atomic mass is 16.5. The third kappa shape index (κ3) is 6.90. The van der Waals surface area contributed by atoms with E-state index in [2.05, 4.69) is 211 Å². The quantitative estimate of drug-likeness (QED) is 0.103. The summed E-state index contributed by atoms with van der Waals surface area (Å²) in [6, 6.07) is 77.5. The molecule has 0 unspecified atom stereocenters. The van der Waals surface area contributed by atoms with Gasteiger partial charge in [-0.2, -0.15) is 0 Å². The number of hydrogen-bond acceptors (Lipinski definition) is 3. The number of benzene rings is 10. The van der Waals surface area contributed by atoms with Gasteiger partial charge in [0.2, 0.25) is 0 Å². The summed E-state index contributed by atoms with van der Waals surface area (Å²) in [5, 5.41) is 7.11. The first-order chi connectivity index (χ1) is 29.2. The minimum Gasteiger partial charge on any atom is -0.486 e. The topological polar surface area (TPSA) is 24.8 Å². The van der Waals surface area contributed by atoms with Crippen LogP contribution in [0.5, 0.6) is 5.75 Å². The molecule has 0 amide bonds. The number of rotatable bonds is 10. The molecule has 3 nitrogen and oxygen atoms in total. The number of ether oxygens (including phenoxy) is 1. The van der Waals surface area contributed by atoms with Gasteiger partial charge in [0.15, 0.2) is 5.75 Å². The standard InChI is InChI=1S/C56H40N2O/c1-57-55-54(37-45-20-9-11-24-50(45)56(55)59-38-39-15-4-2-5-16-39)42-29-33-47(34-30-42)58(48-22-14-21-43(35-48)40-17-6-3-7-18-40)46-31-27-41(28-32-46)53-36-44-19-8-10-23-49(44)51-25-12-13-26-52(51)53/h2-37H,1,38H2. The Labute approximate surface area is 344 Å². The molecule has 0 heterocycles. The molecule has 0 radical (unpaired) electrons. The Morgan fingerprint density at radius 3 is 1.59 bits per heavy atom. The van der Waals surface area contributed by atoms with Crippen molar-refractivity contribution in [3.63, 3.8) is 0 Å². The average Bonchev–Trinajstić information content (AvgIpc) is 3.31. The molecule has 0 atom stereocenters. The van der Waals surface area contributed by atoms with Crippen LogP contribution in [0.3, 0.4) is 0 Å². The van der Waals surface area contributed by atoms with Crippen LogP contribution in [0, 0.1) is 0 Å². The van der Waals surface area contributed by atoms with Gasteiger partial charge in [0.1, 0.15) is 12.3 Å². The molecule has 0 saturated heterocycles. The van der Waals surface area contributed by atoms with E-state index in [1.807, 2.05) is 24.3 Å².